The van der Waals surface area contributed by atoms with E-state index >= 15 is 0 Å². The first-order valence-corrected chi connectivity index (χ1v) is 7.82. The van der Waals surface area contributed by atoms with Crippen molar-refractivity contribution < 1.29 is 0 Å². The Labute approximate surface area is 107 Å². The molecule has 1 saturated carbocycles. The summed E-state index contributed by atoms with van der Waals surface area (Å²) in [4.78, 5) is 2.78. The van der Waals surface area contributed by atoms with Crippen LogP contribution in [0.3, 0.4) is 0 Å². The van der Waals surface area contributed by atoms with Crippen molar-refractivity contribution in [1.29, 1.82) is 0 Å². The van der Waals surface area contributed by atoms with E-state index in [1.165, 1.54) is 58.0 Å². The van der Waals surface area contributed by atoms with Gasteiger partial charge in [0.25, 0.3) is 0 Å². The fraction of sp³-hybridized carbons (Fsp3) is 1.00. The summed E-state index contributed by atoms with van der Waals surface area (Å²) in [5.41, 5.74) is 0. The monoisotopic (exact) mass is 238 g/mol. The summed E-state index contributed by atoms with van der Waals surface area (Å²) in [6.07, 6.45) is 9.97. The maximum atomic E-state index is 3.69. The van der Waals surface area contributed by atoms with Crippen LogP contribution in [0.4, 0.5) is 0 Å². The summed E-state index contributed by atoms with van der Waals surface area (Å²) in [5.74, 6) is 1.02. The molecule has 2 heteroatoms. The number of nitrogens with one attached hydrogen (secondary N) is 1. The summed E-state index contributed by atoms with van der Waals surface area (Å²) in [6.45, 7) is 8.41. The van der Waals surface area contributed by atoms with Crippen molar-refractivity contribution in [3.05, 3.63) is 0 Å². The van der Waals surface area contributed by atoms with Gasteiger partial charge in [-0.25, -0.2) is 0 Å². The third-order valence-corrected chi connectivity index (χ3v) is 4.76. The highest BCUT2D eigenvalue weighted by Crippen LogP contribution is 2.29. The number of rotatable bonds is 5. The fourth-order valence-electron chi connectivity index (χ4n) is 3.86. The van der Waals surface area contributed by atoms with Crippen LogP contribution in [0.5, 0.6) is 0 Å². The predicted octanol–water partition coefficient (Wildman–Crippen LogP) is 3.03. The molecule has 2 atom stereocenters. The Morgan fingerprint density at radius 1 is 1.06 bits per heavy atom. The zero-order valence-corrected chi connectivity index (χ0v) is 11.8. The molecule has 2 rings (SSSR count). The lowest BCUT2D eigenvalue weighted by atomic mass is 9.91. The van der Waals surface area contributed by atoms with Gasteiger partial charge in [-0.2, -0.15) is 0 Å². The van der Waals surface area contributed by atoms with E-state index in [0.717, 1.165) is 24.5 Å². The first-order chi connectivity index (χ1) is 8.35. The average molecular weight is 238 g/mol. The maximum absolute atomic E-state index is 3.69. The Kier molecular flexibility index (Phi) is 5.30. The van der Waals surface area contributed by atoms with Gasteiger partial charge in [-0.1, -0.05) is 33.1 Å². The molecule has 1 saturated heterocycles. The Bertz CT molecular complexity index is 209. The molecule has 2 fully saturated rings. The third kappa shape index (κ3) is 3.45. The van der Waals surface area contributed by atoms with Crippen molar-refractivity contribution in [2.75, 3.05) is 19.6 Å². The molecule has 0 aromatic heterocycles. The van der Waals surface area contributed by atoms with E-state index in [9.17, 15) is 0 Å². The van der Waals surface area contributed by atoms with Gasteiger partial charge < -0.3 is 5.32 Å². The molecular weight excluding hydrogens is 208 g/mol. The Morgan fingerprint density at radius 2 is 1.82 bits per heavy atom. The van der Waals surface area contributed by atoms with Crippen LogP contribution in [0.15, 0.2) is 0 Å². The molecule has 17 heavy (non-hydrogen) atoms. The Morgan fingerprint density at radius 3 is 2.47 bits per heavy atom. The van der Waals surface area contributed by atoms with Gasteiger partial charge in [0.2, 0.25) is 0 Å². The summed E-state index contributed by atoms with van der Waals surface area (Å²) in [7, 11) is 0. The van der Waals surface area contributed by atoms with Crippen molar-refractivity contribution in [2.24, 2.45) is 5.92 Å². The van der Waals surface area contributed by atoms with Crippen LogP contribution in [0, 0.1) is 5.92 Å². The van der Waals surface area contributed by atoms with Crippen molar-refractivity contribution in [2.45, 2.75) is 70.9 Å². The second-order valence-corrected chi connectivity index (χ2v) is 5.93. The lowest BCUT2D eigenvalue weighted by molar-refractivity contribution is 0.115. The summed E-state index contributed by atoms with van der Waals surface area (Å²) >= 11 is 0. The minimum atomic E-state index is 0.780. The van der Waals surface area contributed by atoms with Gasteiger partial charge >= 0.3 is 0 Å². The average Bonchev–Trinajstić information content (AvgIpc) is 2.79. The molecule has 0 aromatic carbocycles. The van der Waals surface area contributed by atoms with E-state index in [-0.39, 0.29) is 0 Å². The minimum Gasteiger partial charge on any atom is -0.313 e. The van der Waals surface area contributed by atoms with Crippen LogP contribution in [-0.4, -0.2) is 36.6 Å². The van der Waals surface area contributed by atoms with Crippen molar-refractivity contribution in [3.63, 3.8) is 0 Å². The molecule has 0 amide bonds. The number of likely N-dealkylation sites (N-methyl/N-ethyl adjacent to an activating group) is 1. The van der Waals surface area contributed by atoms with Crippen LogP contribution in [0.1, 0.15) is 58.8 Å². The number of hydrogen-bond donors (Lipinski definition) is 1. The molecule has 100 valence electrons. The molecular formula is C15H30N2. The highest BCUT2D eigenvalue weighted by molar-refractivity contribution is 4.91. The molecule has 0 bridgehead atoms. The van der Waals surface area contributed by atoms with E-state index in [2.05, 4.69) is 24.1 Å². The molecule has 0 radical (unpaired) electrons. The quantitative estimate of drug-likeness (QED) is 0.792. The molecule has 2 nitrogen and oxygen atoms in total. The first kappa shape index (κ1) is 13.4. The first-order valence-electron chi connectivity index (χ1n) is 7.82. The molecule has 2 aliphatic rings. The second-order valence-electron chi connectivity index (χ2n) is 5.93. The van der Waals surface area contributed by atoms with E-state index in [1.54, 1.807) is 0 Å². The SMILES string of the molecule is CCCC1CCN(C2CCCC2NCC)CC1. The van der Waals surface area contributed by atoms with Gasteiger partial charge in [0.05, 0.1) is 0 Å². The Hall–Kier alpha value is -0.0800. The van der Waals surface area contributed by atoms with Gasteiger partial charge in [-0.3, -0.25) is 4.90 Å². The Balaban J connectivity index is 1.79. The number of piperidine rings is 1. The largest absolute Gasteiger partial charge is 0.313 e. The third-order valence-electron chi connectivity index (χ3n) is 4.76. The van der Waals surface area contributed by atoms with Gasteiger partial charge in [-0.05, 0) is 51.2 Å². The van der Waals surface area contributed by atoms with Crippen molar-refractivity contribution in [3.8, 4) is 0 Å². The highest BCUT2D eigenvalue weighted by Gasteiger charge is 2.33. The van der Waals surface area contributed by atoms with Crippen LogP contribution in [0.25, 0.3) is 0 Å². The maximum Gasteiger partial charge on any atom is 0.0249 e. The number of likely N-dealkylation sites (tertiary alicyclic amines) is 1. The van der Waals surface area contributed by atoms with Crippen LogP contribution in [-0.2, 0) is 0 Å². The summed E-state index contributed by atoms with van der Waals surface area (Å²) in [6, 6.07) is 1.63. The summed E-state index contributed by atoms with van der Waals surface area (Å²) in [5, 5.41) is 3.69. The van der Waals surface area contributed by atoms with Gasteiger partial charge in [0.1, 0.15) is 0 Å². The van der Waals surface area contributed by atoms with E-state index < -0.39 is 0 Å². The van der Waals surface area contributed by atoms with Crippen LogP contribution in [0.2, 0.25) is 0 Å². The predicted molar refractivity (Wildman–Crippen MR) is 74.3 cm³/mol. The highest BCUT2D eigenvalue weighted by atomic mass is 15.2. The smallest absolute Gasteiger partial charge is 0.0249 e. The zero-order chi connectivity index (χ0) is 12.1. The standard InChI is InChI=1S/C15H30N2/c1-3-6-13-9-11-17(12-10-13)15-8-5-7-14(15)16-4-2/h13-16H,3-12H2,1-2H3. The number of hydrogen-bond acceptors (Lipinski definition) is 2. The topological polar surface area (TPSA) is 15.3 Å². The minimum absolute atomic E-state index is 0.780. The molecule has 0 spiro atoms. The molecule has 1 heterocycles. The lowest BCUT2D eigenvalue weighted by Gasteiger charge is -2.38. The molecule has 1 aliphatic carbocycles. The molecule has 0 aromatic rings. The molecule has 2 unspecified atom stereocenters. The fourth-order valence-corrected chi connectivity index (χ4v) is 3.86. The van der Waals surface area contributed by atoms with Crippen LogP contribution >= 0.6 is 0 Å². The van der Waals surface area contributed by atoms with Crippen molar-refractivity contribution in [1.82, 2.24) is 10.2 Å². The van der Waals surface area contributed by atoms with Gasteiger partial charge in [0, 0.05) is 12.1 Å². The normalized spacial score (nSPS) is 32.1. The van der Waals surface area contributed by atoms with Gasteiger partial charge in [0.15, 0.2) is 0 Å². The molecule has 1 aliphatic heterocycles. The second kappa shape index (κ2) is 6.75. The number of nitrogens with zero attached hydrogens (tertiary/aromatic N) is 1. The van der Waals surface area contributed by atoms with E-state index in [1.807, 2.05) is 0 Å². The lowest BCUT2D eigenvalue weighted by Crippen LogP contribution is -2.49. The summed E-state index contributed by atoms with van der Waals surface area (Å²) < 4.78 is 0. The van der Waals surface area contributed by atoms with E-state index in [4.69, 9.17) is 0 Å². The zero-order valence-electron chi connectivity index (χ0n) is 11.8. The van der Waals surface area contributed by atoms with Gasteiger partial charge in [-0.15, -0.1) is 0 Å². The van der Waals surface area contributed by atoms with Crippen LogP contribution < -0.4 is 5.32 Å². The van der Waals surface area contributed by atoms with E-state index in [0.29, 0.717) is 0 Å². The molecule has 1 N–H and O–H groups in total. The van der Waals surface area contributed by atoms with Crippen molar-refractivity contribution >= 4 is 0 Å².